The topological polar surface area (TPSA) is 84.6 Å². The molecule has 0 aromatic heterocycles. The van der Waals surface area contributed by atoms with E-state index >= 15 is 0 Å². The number of nitrogens with two attached hydrogens (primary N) is 1. The summed E-state index contributed by atoms with van der Waals surface area (Å²) in [6, 6.07) is -0.522. The van der Waals surface area contributed by atoms with Crippen LogP contribution in [0.15, 0.2) is 0 Å². The number of nitrogens with one attached hydrogen (secondary N) is 1. The zero-order valence-corrected chi connectivity index (χ0v) is 12.3. The van der Waals surface area contributed by atoms with E-state index in [0.717, 1.165) is 12.8 Å². The highest BCUT2D eigenvalue weighted by molar-refractivity contribution is 5.80. The van der Waals surface area contributed by atoms with Crippen molar-refractivity contribution in [2.75, 3.05) is 0 Å². The summed E-state index contributed by atoms with van der Waals surface area (Å²) < 4.78 is 0. The van der Waals surface area contributed by atoms with E-state index in [0.29, 0.717) is 12.3 Å². The van der Waals surface area contributed by atoms with Gasteiger partial charge >= 0.3 is 0 Å². The molecule has 2 atom stereocenters. The molecule has 19 heavy (non-hydrogen) atoms. The third-order valence-electron chi connectivity index (χ3n) is 3.46. The summed E-state index contributed by atoms with van der Waals surface area (Å²) in [5.74, 6) is -0.0204. The molecule has 1 unspecified atom stereocenters. The van der Waals surface area contributed by atoms with Crippen LogP contribution in [0.3, 0.4) is 0 Å². The molecule has 0 aromatic carbocycles. The number of aliphatic hydroxyl groups is 1. The van der Waals surface area contributed by atoms with Crippen molar-refractivity contribution in [2.45, 2.75) is 77.0 Å². The highest BCUT2D eigenvalue weighted by Gasteiger charge is 2.27. The predicted molar refractivity (Wildman–Crippen MR) is 74.2 cm³/mol. The van der Waals surface area contributed by atoms with Gasteiger partial charge < -0.3 is 10.8 Å². The molecule has 0 aliphatic heterocycles. The smallest absolute Gasteiger partial charge is 0.273 e. The van der Waals surface area contributed by atoms with Crippen molar-refractivity contribution in [1.29, 1.82) is 0 Å². The van der Waals surface area contributed by atoms with Gasteiger partial charge in [-0.15, -0.1) is 0 Å². The standard InChI is InChI=1S/C14H28N2O3/c1-14(2,3)19-16-13(18)12(17)11(15)9-10-7-5-4-6-8-10/h10-12,17H,4-9,15H2,1-3H3,(H,16,18)/t11-,12?/m1/s1. The van der Waals surface area contributed by atoms with E-state index in [9.17, 15) is 9.90 Å². The number of hydrogen-bond acceptors (Lipinski definition) is 4. The highest BCUT2D eigenvalue weighted by atomic mass is 16.7. The maximum absolute atomic E-state index is 11.7. The molecular formula is C14H28N2O3. The fourth-order valence-corrected chi connectivity index (χ4v) is 2.39. The lowest BCUT2D eigenvalue weighted by Crippen LogP contribution is -2.48. The fourth-order valence-electron chi connectivity index (χ4n) is 2.39. The molecule has 1 rings (SSSR count). The molecule has 5 nitrogen and oxygen atoms in total. The Bertz CT molecular complexity index is 283. The van der Waals surface area contributed by atoms with E-state index in [1.807, 2.05) is 20.8 Å². The lowest BCUT2D eigenvalue weighted by atomic mass is 9.84. The second-order valence-electron chi connectivity index (χ2n) is 6.53. The number of aliphatic hydroxyl groups excluding tert-OH is 1. The van der Waals surface area contributed by atoms with Gasteiger partial charge in [-0.2, -0.15) is 0 Å². The van der Waals surface area contributed by atoms with Crippen LogP contribution in [0.1, 0.15) is 59.3 Å². The maximum atomic E-state index is 11.7. The first kappa shape index (κ1) is 16.4. The molecule has 1 saturated carbocycles. The van der Waals surface area contributed by atoms with Gasteiger partial charge in [0.1, 0.15) is 6.10 Å². The summed E-state index contributed by atoms with van der Waals surface area (Å²) >= 11 is 0. The molecule has 0 bridgehead atoms. The highest BCUT2D eigenvalue weighted by Crippen LogP contribution is 2.27. The van der Waals surface area contributed by atoms with Crippen molar-refractivity contribution in [1.82, 2.24) is 5.48 Å². The molecule has 1 fully saturated rings. The Morgan fingerprint density at radius 3 is 2.47 bits per heavy atom. The zero-order chi connectivity index (χ0) is 14.5. The SMILES string of the molecule is CC(C)(C)ONC(=O)C(O)[C@H](N)CC1CCCCC1. The number of carbonyl (C=O) groups excluding carboxylic acids is 1. The summed E-state index contributed by atoms with van der Waals surface area (Å²) in [6.45, 7) is 5.46. The average Bonchev–Trinajstić information content (AvgIpc) is 2.35. The molecular weight excluding hydrogens is 244 g/mol. The van der Waals surface area contributed by atoms with Gasteiger partial charge in [-0.25, -0.2) is 5.48 Å². The minimum Gasteiger partial charge on any atom is -0.382 e. The number of carbonyl (C=O) groups is 1. The van der Waals surface area contributed by atoms with Gasteiger partial charge in [-0.05, 0) is 33.1 Å². The van der Waals surface area contributed by atoms with Crippen LogP contribution in [0.5, 0.6) is 0 Å². The maximum Gasteiger partial charge on any atom is 0.273 e. The zero-order valence-electron chi connectivity index (χ0n) is 12.3. The van der Waals surface area contributed by atoms with Crippen molar-refractivity contribution in [3.05, 3.63) is 0 Å². The van der Waals surface area contributed by atoms with Crippen LogP contribution < -0.4 is 11.2 Å². The van der Waals surface area contributed by atoms with Crippen molar-refractivity contribution >= 4 is 5.91 Å². The molecule has 4 N–H and O–H groups in total. The normalized spacial score (nSPS) is 20.9. The summed E-state index contributed by atoms with van der Waals surface area (Å²) in [5.41, 5.74) is 7.71. The van der Waals surface area contributed by atoms with E-state index in [1.54, 1.807) is 0 Å². The quantitative estimate of drug-likeness (QED) is 0.662. The Morgan fingerprint density at radius 2 is 1.95 bits per heavy atom. The molecule has 0 radical (unpaired) electrons. The third-order valence-corrected chi connectivity index (χ3v) is 3.46. The largest absolute Gasteiger partial charge is 0.382 e. The monoisotopic (exact) mass is 272 g/mol. The van der Waals surface area contributed by atoms with Crippen LogP contribution in [0.25, 0.3) is 0 Å². The van der Waals surface area contributed by atoms with Gasteiger partial charge in [-0.1, -0.05) is 32.1 Å². The summed E-state index contributed by atoms with van der Waals surface area (Å²) in [4.78, 5) is 16.8. The molecule has 0 heterocycles. The van der Waals surface area contributed by atoms with Gasteiger partial charge in [0.05, 0.1) is 5.60 Å². The summed E-state index contributed by atoms with van der Waals surface area (Å²) in [5, 5.41) is 9.90. The van der Waals surface area contributed by atoms with Crippen molar-refractivity contribution in [3.8, 4) is 0 Å². The van der Waals surface area contributed by atoms with Crippen molar-refractivity contribution in [3.63, 3.8) is 0 Å². The first-order valence-corrected chi connectivity index (χ1v) is 7.21. The first-order chi connectivity index (χ1) is 8.79. The molecule has 112 valence electrons. The van der Waals surface area contributed by atoms with E-state index in [-0.39, 0.29) is 0 Å². The second-order valence-corrected chi connectivity index (χ2v) is 6.53. The van der Waals surface area contributed by atoms with Crippen LogP contribution in [-0.4, -0.2) is 28.8 Å². The first-order valence-electron chi connectivity index (χ1n) is 7.21. The lowest BCUT2D eigenvalue weighted by Gasteiger charge is -2.27. The Balaban J connectivity index is 2.33. The van der Waals surface area contributed by atoms with E-state index in [4.69, 9.17) is 10.6 Å². The minimum atomic E-state index is -1.20. The predicted octanol–water partition coefficient (Wildman–Crippen LogP) is 1.49. The van der Waals surface area contributed by atoms with Crippen LogP contribution >= 0.6 is 0 Å². The van der Waals surface area contributed by atoms with Gasteiger partial charge in [0.15, 0.2) is 0 Å². The van der Waals surface area contributed by atoms with E-state index in [2.05, 4.69) is 5.48 Å². The summed E-state index contributed by atoms with van der Waals surface area (Å²) in [7, 11) is 0. The molecule has 1 amide bonds. The van der Waals surface area contributed by atoms with Crippen molar-refractivity contribution in [2.24, 2.45) is 11.7 Å². The number of hydrogen-bond donors (Lipinski definition) is 3. The third kappa shape index (κ3) is 6.36. The van der Waals surface area contributed by atoms with Gasteiger partial charge in [0.2, 0.25) is 0 Å². The van der Waals surface area contributed by atoms with Gasteiger partial charge in [-0.3, -0.25) is 9.63 Å². The van der Waals surface area contributed by atoms with Crippen LogP contribution in [0, 0.1) is 5.92 Å². The Morgan fingerprint density at radius 1 is 1.37 bits per heavy atom. The van der Waals surface area contributed by atoms with E-state index in [1.165, 1.54) is 19.3 Å². The molecule has 5 heteroatoms. The molecule has 0 saturated heterocycles. The number of hydroxylamine groups is 1. The fraction of sp³-hybridized carbons (Fsp3) is 0.929. The van der Waals surface area contributed by atoms with Gasteiger partial charge in [0.25, 0.3) is 5.91 Å². The minimum absolute atomic E-state index is 0.483. The second kappa shape index (κ2) is 7.22. The molecule has 0 spiro atoms. The molecule has 1 aliphatic rings. The van der Waals surface area contributed by atoms with E-state index < -0.39 is 23.7 Å². The lowest BCUT2D eigenvalue weighted by molar-refractivity contribution is -0.155. The Hall–Kier alpha value is -0.650. The number of rotatable bonds is 5. The Labute approximate surface area is 115 Å². The number of amides is 1. The van der Waals surface area contributed by atoms with Crippen LogP contribution in [0.4, 0.5) is 0 Å². The molecule has 0 aromatic rings. The van der Waals surface area contributed by atoms with Crippen LogP contribution in [0.2, 0.25) is 0 Å². The van der Waals surface area contributed by atoms with Gasteiger partial charge in [0, 0.05) is 6.04 Å². The Kier molecular flexibility index (Phi) is 6.23. The van der Waals surface area contributed by atoms with Crippen molar-refractivity contribution < 1.29 is 14.7 Å². The van der Waals surface area contributed by atoms with Crippen LogP contribution in [-0.2, 0) is 9.63 Å². The average molecular weight is 272 g/mol. The molecule has 1 aliphatic carbocycles. The summed E-state index contributed by atoms with van der Waals surface area (Å²) in [6.07, 6.45) is 5.54.